The molecule has 5 nitrogen and oxygen atoms in total. The summed E-state index contributed by atoms with van der Waals surface area (Å²) >= 11 is 0. The van der Waals surface area contributed by atoms with Crippen LogP contribution in [0, 0.1) is 0 Å². The topological polar surface area (TPSA) is 67.8 Å². The molecule has 0 aliphatic carbocycles. The number of hydrogen-bond acceptors (Lipinski definition) is 4. The molecule has 1 aromatic rings. The maximum Gasteiger partial charge on any atom is 0.573 e. The summed E-state index contributed by atoms with van der Waals surface area (Å²) in [6.45, 7) is -1.26. The van der Waals surface area contributed by atoms with Crippen molar-refractivity contribution in [3.05, 3.63) is 23.8 Å². The maximum absolute atomic E-state index is 13.7. The first kappa shape index (κ1) is 18.1. The number of amides is 1. The zero-order chi connectivity index (χ0) is 15.8. The first-order valence-corrected chi connectivity index (χ1v) is 5.48. The van der Waals surface area contributed by atoms with Crippen molar-refractivity contribution in [1.29, 1.82) is 0 Å². The van der Waals surface area contributed by atoms with Crippen LogP contribution < -0.4 is 10.1 Å². The zero-order valence-electron chi connectivity index (χ0n) is 10.5. The molecular formula is C11H9ClF5NO4. The Labute approximate surface area is 126 Å². The van der Waals surface area contributed by atoms with Crippen molar-refractivity contribution < 1.29 is 41.3 Å². The van der Waals surface area contributed by atoms with Crippen molar-refractivity contribution >= 4 is 18.5 Å². The van der Waals surface area contributed by atoms with Gasteiger partial charge in [-0.3, -0.25) is 0 Å². The lowest BCUT2D eigenvalue weighted by Crippen LogP contribution is -2.49. The van der Waals surface area contributed by atoms with E-state index in [9.17, 15) is 31.9 Å². The predicted molar refractivity (Wildman–Crippen MR) is 64.2 cm³/mol. The second-order valence-electron chi connectivity index (χ2n) is 4.18. The van der Waals surface area contributed by atoms with Gasteiger partial charge in [0.25, 0.3) is 0 Å². The van der Waals surface area contributed by atoms with Crippen LogP contribution in [0.3, 0.4) is 0 Å². The minimum atomic E-state index is -5.02. The third-order valence-corrected chi connectivity index (χ3v) is 2.62. The number of alkyl carbamates (subject to hydrolysis) is 1. The summed E-state index contributed by atoms with van der Waals surface area (Å²) in [5.41, 5.74) is -0.613. The van der Waals surface area contributed by atoms with Gasteiger partial charge in [0.15, 0.2) is 6.61 Å². The molecule has 0 unspecified atom stereocenters. The first-order chi connectivity index (χ1) is 9.58. The number of carbonyl (C=O) groups excluding carboxylic acids is 1. The van der Waals surface area contributed by atoms with Gasteiger partial charge in [-0.2, -0.15) is 0 Å². The molecule has 22 heavy (non-hydrogen) atoms. The van der Waals surface area contributed by atoms with Gasteiger partial charge in [0.05, 0.1) is 0 Å². The lowest BCUT2D eigenvalue weighted by molar-refractivity contribution is -0.274. The molecule has 0 aromatic heterocycles. The van der Waals surface area contributed by atoms with Crippen molar-refractivity contribution in [2.75, 3.05) is 6.61 Å². The Morgan fingerprint density at radius 1 is 1.36 bits per heavy atom. The fourth-order valence-electron chi connectivity index (χ4n) is 1.78. The largest absolute Gasteiger partial charge is 0.573 e. The average Bonchev–Trinajstić information content (AvgIpc) is 2.33. The predicted octanol–water partition coefficient (Wildman–Crippen LogP) is 3.13. The van der Waals surface area contributed by atoms with E-state index in [2.05, 4.69) is 9.47 Å². The van der Waals surface area contributed by atoms with E-state index in [4.69, 9.17) is 0 Å². The standard InChI is InChI=1S/C11H8F5NO4.ClH/c12-10(13)4-20-9(19)17-8(10)6-3-5(1-2-7(6)18)21-11(14,15)16;/h1-3,8,18H,4H2,(H,17,19);1H/t8-;/m1./s1. The van der Waals surface area contributed by atoms with Crippen LogP contribution in [0.2, 0.25) is 0 Å². The number of aromatic hydroxyl groups is 1. The average molecular weight is 350 g/mol. The minimum absolute atomic E-state index is 0. The van der Waals surface area contributed by atoms with Crippen molar-refractivity contribution in [2.24, 2.45) is 0 Å². The molecule has 2 N–H and O–H groups in total. The fraction of sp³-hybridized carbons (Fsp3) is 0.364. The Bertz CT molecular complexity index is 566. The lowest BCUT2D eigenvalue weighted by Gasteiger charge is -2.32. The van der Waals surface area contributed by atoms with Crippen LogP contribution in [0.25, 0.3) is 0 Å². The van der Waals surface area contributed by atoms with Crippen molar-refractivity contribution in [3.63, 3.8) is 0 Å². The number of phenols is 1. The van der Waals surface area contributed by atoms with Crippen molar-refractivity contribution in [3.8, 4) is 11.5 Å². The third-order valence-electron chi connectivity index (χ3n) is 2.62. The second-order valence-corrected chi connectivity index (χ2v) is 4.18. The fourth-order valence-corrected chi connectivity index (χ4v) is 1.78. The molecule has 0 bridgehead atoms. The second kappa shape index (κ2) is 6.03. The SMILES string of the molecule is Cl.O=C1N[C@H](c2cc(OC(F)(F)F)ccc2O)C(F)(F)CO1. The van der Waals surface area contributed by atoms with Crippen LogP contribution in [0.4, 0.5) is 26.7 Å². The Morgan fingerprint density at radius 3 is 2.59 bits per heavy atom. The number of hydrogen-bond donors (Lipinski definition) is 2. The summed E-state index contributed by atoms with van der Waals surface area (Å²) in [6, 6.07) is 0.0581. The van der Waals surface area contributed by atoms with Gasteiger partial charge in [0.2, 0.25) is 0 Å². The van der Waals surface area contributed by atoms with Crippen LogP contribution in [0.1, 0.15) is 11.6 Å². The van der Waals surface area contributed by atoms with E-state index in [0.717, 1.165) is 12.1 Å². The number of halogens is 6. The molecule has 0 saturated carbocycles. The highest BCUT2D eigenvalue weighted by Crippen LogP contribution is 2.40. The first-order valence-electron chi connectivity index (χ1n) is 5.48. The summed E-state index contributed by atoms with van der Waals surface area (Å²) in [4.78, 5) is 11.0. The third kappa shape index (κ3) is 4.03. The van der Waals surface area contributed by atoms with E-state index in [1.807, 2.05) is 0 Å². The molecular weight excluding hydrogens is 341 g/mol. The van der Waals surface area contributed by atoms with Gasteiger partial charge in [-0.15, -0.1) is 25.6 Å². The molecule has 1 heterocycles. The molecule has 11 heteroatoms. The van der Waals surface area contributed by atoms with E-state index in [1.54, 1.807) is 5.32 Å². The highest BCUT2D eigenvalue weighted by molar-refractivity contribution is 5.85. The maximum atomic E-state index is 13.7. The summed E-state index contributed by atoms with van der Waals surface area (Å²) in [5.74, 6) is -5.12. The minimum Gasteiger partial charge on any atom is -0.508 e. The van der Waals surface area contributed by atoms with Gasteiger partial charge >= 0.3 is 18.4 Å². The summed E-state index contributed by atoms with van der Waals surface area (Å²) in [5, 5.41) is 11.3. The van der Waals surface area contributed by atoms with Crippen LogP contribution >= 0.6 is 12.4 Å². The van der Waals surface area contributed by atoms with Gasteiger partial charge in [0.1, 0.15) is 17.5 Å². The van der Waals surface area contributed by atoms with Gasteiger partial charge in [-0.1, -0.05) is 0 Å². The van der Waals surface area contributed by atoms with E-state index >= 15 is 0 Å². The number of benzene rings is 1. The molecule has 0 spiro atoms. The van der Waals surface area contributed by atoms with E-state index < -0.39 is 48.1 Å². The van der Waals surface area contributed by atoms with E-state index in [-0.39, 0.29) is 12.4 Å². The van der Waals surface area contributed by atoms with Crippen LogP contribution in [-0.4, -0.2) is 30.1 Å². The molecule has 1 atom stereocenters. The van der Waals surface area contributed by atoms with E-state index in [1.165, 1.54) is 0 Å². The quantitative estimate of drug-likeness (QED) is 0.805. The zero-order valence-corrected chi connectivity index (χ0v) is 11.3. The number of phenolic OH excluding ortho intramolecular Hbond substituents is 1. The van der Waals surface area contributed by atoms with E-state index in [0.29, 0.717) is 6.07 Å². The number of rotatable bonds is 2. The Balaban J connectivity index is 0.00000242. The molecule has 1 amide bonds. The summed E-state index contributed by atoms with van der Waals surface area (Å²) < 4.78 is 71.3. The molecule has 1 aliphatic rings. The molecule has 1 aromatic carbocycles. The Kier molecular flexibility index (Phi) is 4.96. The molecule has 124 valence electrons. The van der Waals surface area contributed by atoms with Gasteiger partial charge in [-0.25, -0.2) is 13.6 Å². The molecule has 1 saturated heterocycles. The molecule has 1 aliphatic heterocycles. The molecule has 1 fully saturated rings. The molecule has 2 rings (SSSR count). The normalized spacial score (nSPS) is 20.4. The highest BCUT2D eigenvalue weighted by atomic mass is 35.5. The van der Waals surface area contributed by atoms with Crippen LogP contribution in [0.5, 0.6) is 11.5 Å². The summed E-state index contributed by atoms with van der Waals surface area (Å²) in [7, 11) is 0. The van der Waals surface area contributed by atoms with Gasteiger partial charge in [-0.05, 0) is 18.2 Å². The lowest BCUT2D eigenvalue weighted by atomic mass is 9.99. The monoisotopic (exact) mass is 349 g/mol. The van der Waals surface area contributed by atoms with Crippen LogP contribution in [-0.2, 0) is 4.74 Å². The van der Waals surface area contributed by atoms with Gasteiger partial charge in [0, 0.05) is 5.56 Å². The highest BCUT2D eigenvalue weighted by Gasteiger charge is 2.48. The summed E-state index contributed by atoms with van der Waals surface area (Å²) in [6.07, 6.45) is -6.19. The number of alkyl halides is 5. The number of carbonyl (C=O) groups is 1. The number of cyclic esters (lactones) is 1. The smallest absolute Gasteiger partial charge is 0.508 e. The van der Waals surface area contributed by atoms with Crippen molar-refractivity contribution in [2.45, 2.75) is 18.3 Å². The Hall–Kier alpha value is -1.97. The van der Waals surface area contributed by atoms with Crippen LogP contribution in [0.15, 0.2) is 18.2 Å². The van der Waals surface area contributed by atoms with Gasteiger partial charge < -0.3 is 19.9 Å². The number of nitrogens with one attached hydrogen (secondary N) is 1. The molecule has 0 radical (unpaired) electrons. The Morgan fingerprint density at radius 2 is 2.00 bits per heavy atom. The van der Waals surface area contributed by atoms with Crippen molar-refractivity contribution in [1.82, 2.24) is 5.32 Å². The number of ether oxygens (including phenoxy) is 2.